The van der Waals surface area contributed by atoms with E-state index in [1.807, 2.05) is 6.07 Å². The van der Waals surface area contributed by atoms with Gasteiger partial charge in [-0.1, -0.05) is 15.9 Å². The van der Waals surface area contributed by atoms with Gasteiger partial charge in [0.25, 0.3) is 11.8 Å². The summed E-state index contributed by atoms with van der Waals surface area (Å²) in [5.74, 6) is -0.952. The molecule has 3 aromatic carbocycles. The van der Waals surface area contributed by atoms with Gasteiger partial charge >= 0.3 is 0 Å². The highest BCUT2D eigenvalue weighted by atomic mass is 79.9. The maximum atomic E-state index is 13.0. The highest BCUT2D eigenvalue weighted by Gasteiger charge is 2.15. The molecule has 35 heavy (non-hydrogen) atoms. The summed E-state index contributed by atoms with van der Waals surface area (Å²) < 4.78 is 24.4. The molecule has 0 saturated heterocycles. The molecule has 0 bridgehead atoms. The molecule has 0 aliphatic rings. The third-order valence-corrected chi connectivity index (χ3v) is 5.25. The average molecular weight is 540 g/mol. The van der Waals surface area contributed by atoms with E-state index in [0.29, 0.717) is 21.4 Å². The first-order chi connectivity index (χ1) is 16.8. The Kier molecular flexibility index (Phi) is 8.43. The van der Waals surface area contributed by atoms with Crippen LogP contribution in [0.5, 0.6) is 17.2 Å². The number of rotatable bonds is 8. The molecule has 0 aliphatic carbocycles. The standard InChI is InChI=1S/C25H19BrFN3O5/c1-34-22-11-15(10-16(13-28)25(33)30-19-6-8-20(31)9-7-19)21(26)12-23(22)35-14-24(32)29-18-4-2-17(27)3-5-18/h2-12,31H,14H2,1H3,(H,29,32)(H,30,33)/b16-10-. The van der Waals surface area contributed by atoms with Crippen LogP contribution in [-0.4, -0.2) is 30.6 Å². The predicted octanol–water partition coefficient (Wildman–Crippen LogP) is 4.87. The minimum Gasteiger partial charge on any atom is -0.508 e. The van der Waals surface area contributed by atoms with Crippen LogP contribution in [0.4, 0.5) is 15.8 Å². The fraction of sp³-hybridized carbons (Fsp3) is 0.0800. The van der Waals surface area contributed by atoms with E-state index in [-0.39, 0.29) is 29.4 Å². The Bertz CT molecular complexity index is 1300. The van der Waals surface area contributed by atoms with E-state index in [4.69, 9.17) is 9.47 Å². The molecule has 0 spiro atoms. The van der Waals surface area contributed by atoms with Gasteiger partial charge < -0.3 is 25.2 Å². The number of carbonyl (C=O) groups excluding carboxylic acids is 2. The molecule has 178 valence electrons. The molecule has 0 saturated carbocycles. The van der Waals surface area contributed by atoms with Gasteiger partial charge in [0.15, 0.2) is 18.1 Å². The summed E-state index contributed by atoms with van der Waals surface area (Å²) in [7, 11) is 1.41. The topological polar surface area (TPSA) is 121 Å². The van der Waals surface area contributed by atoms with Crippen molar-refractivity contribution in [3.63, 3.8) is 0 Å². The Hall–Kier alpha value is -4.36. The first-order valence-corrected chi connectivity index (χ1v) is 10.9. The lowest BCUT2D eigenvalue weighted by Crippen LogP contribution is -2.20. The van der Waals surface area contributed by atoms with E-state index in [1.165, 1.54) is 61.7 Å². The second-order valence-corrected chi connectivity index (χ2v) is 7.89. The number of ether oxygens (including phenoxy) is 2. The number of methoxy groups -OCH3 is 1. The van der Waals surface area contributed by atoms with E-state index in [2.05, 4.69) is 26.6 Å². The number of phenols is 1. The number of anilines is 2. The molecule has 3 rings (SSSR count). The van der Waals surface area contributed by atoms with E-state index < -0.39 is 17.6 Å². The van der Waals surface area contributed by atoms with Crippen molar-refractivity contribution in [1.82, 2.24) is 0 Å². The molecule has 3 N–H and O–H groups in total. The molecule has 2 amide bonds. The van der Waals surface area contributed by atoms with Crippen molar-refractivity contribution in [3.8, 4) is 23.3 Å². The Labute approximate surface area is 208 Å². The number of nitrogens with one attached hydrogen (secondary N) is 2. The molecule has 0 unspecified atom stereocenters. The number of phenolic OH excluding ortho intramolecular Hbond substituents is 1. The van der Waals surface area contributed by atoms with Gasteiger partial charge in [0.2, 0.25) is 0 Å². The largest absolute Gasteiger partial charge is 0.508 e. The maximum Gasteiger partial charge on any atom is 0.266 e. The van der Waals surface area contributed by atoms with Gasteiger partial charge in [-0.15, -0.1) is 0 Å². The second kappa shape index (κ2) is 11.7. The lowest BCUT2D eigenvalue weighted by Gasteiger charge is -2.13. The van der Waals surface area contributed by atoms with Crippen LogP contribution in [0.15, 0.2) is 70.7 Å². The monoisotopic (exact) mass is 539 g/mol. The van der Waals surface area contributed by atoms with Crippen molar-refractivity contribution in [1.29, 1.82) is 5.26 Å². The molecule has 0 fully saturated rings. The summed E-state index contributed by atoms with van der Waals surface area (Å²) in [6, 6.07) is 16.1. The lowest BCUT2D eigenvalue weighted by atomic mass is 10.1. The average Bonchev–Trinajstić information content (AvgIpc) is 2.84. The predicted molar refractivity (Wildman–Crippen MR) is 132 cm³/mol. The SMILES string of the molecule is COc1cc(/C=C(/C#N)C(=O)Nc2ccc(O)cc2)c(Br)cc1OCC(=O)Nc1ccc(F)cc1. The molecule has 3 aromatic rings. The van der Waals surface area contributed by atoms with Crippen LogP contribution in [0.3, 0.4) is 0 Å². The van der Waals surface area contributed by atoms with Crippen molar-refractivity contribution in [2.24, 2.45) is 0 Å². The van der Waals surface area contributed by atoms with Crippen LogP contribution < -0.4 is 20.1 Å². The number of aromatic hydroxyl groups is 1. The van der Waals surface area contributed by atoms with Crippen molar-refractivity contribution in [3.05, 3.63) is 82.1 Å². The van der Waals surface area contributed by atoms with Crippen LogP contribution in [0.2, 0.25) is 0 Å². The van der Waals surface area contributed by atoms with Crippen LogP contribution in [0.1, 0.15) is 5.56 Å². The number of hydrogen-bond donors (Lipinski definition) is 3. The second-order valence-electron chi connectivity index (χ2n) is 7.04. The van der Waals surface area contributed by atoms with Gasteiger partial charge in [-0.25, -0.2) is 4.39 Å². The number of hydrogen-bond acceptors (Lipinski definition) is 6. The summed E-state index contributed by atoms with van der Waals surface area (Å²) in [5.41, 5.74) is 1.12. The van der Waals surface area contributed by atoms with Crippen molar-refractivity contribution >= 4 is 45.2 Å². The van der Waals surface area contributed by atoms with E-state index in [1.54, 1.807) is 12.1 Å². The highest BCUT2D eigenvalue weighted by Crippen LogP contribution is 2.34. The fourth-order valence-corrected chi connectivity index (χ4v) is 3.29. The van der Waals surface area contributed by atoms with Gasteiger partial charge in [0, 0.05) is 15.8 Å². The number of benzene rings is 3. The van der Waals surface area contributed by atoms with Gasteiger partial charge in [0.05, 0.1) is 7.11 Å². The van der Waals surface area contributed by atoms with Gasteiger partial charge in [-0.2, -0.15) is 5.26 Å². The van der Waals surface area contributed by atoms with Crippen molar-refractivity contribution < 1.29 is 28.6 Å². The molecule has 0 heterocycles. The Balaban J connectivity index is 1.72. The Morgan fingerprint density at radius 1 is 1.06 bits per heavy atom. The van der Waals surface area contributed by atoms with E-state index in [0.717, 1.165) is 0 Å². The number of carbonyl (C=O) groups is 2. The van der Waals surface area contributed by atoms with E-state index >= 15 is 0 Å². The molecule has 0 radical (unpaired) electrons. The molecule has 0 atom stereocenters. The van der Waals surface area contributed by atoms with Crippen molar-refractivity contribution in [2.45, 2.75) is 0 Å². The van der Waals surface area contributed by atoms with Gasteiger partial charge in [-0.3, -0.25) is 9.59 Å². The summed E-state index contributed by atoms with van der Waals surface area (Å²) >= 11 is 3.37. The van der Waals surface area contributed by atoms with Crippen LogP contribution in [-0.2, 0) is 9.59 Å². The lowest BCUT2D eigenvalue weighted by molar-refractivity contribution is -0.118. The number of amides is 2. The highest BCUT2D eigenvalue weighted by molar-refractivity contribution is 9.10. The Morgan fingerprint density at radius 3 is 2.31 bits per heavy atom. The summed E-state index contributed by atoms with van der Waals surface area (Å²) in [4.78, 5) is 24.7. The van der Waals surface area contributed by atoms with Crippen molar-refractivity contribution in [2.75, 3.05) is 24.4 Å². The van der Waals surface area contributed by atoms with Gasteiger partial charge in [0.1, 0.15) is 23.2 Å². The maximum absolute atomic E-state index is 13.0. The third-order valence-electron chi connectivity index (χ3n) is 4.56. The molecular weight excluding hydrogens is 521 g/mol. The summed E-state index contributed by atoms with van der Waals surface area (Å²) in [5, 5.41) is 24.0. The van der Waals surface area contributed by atoms with Crippen LogP contribution in [0, 0.1) is 17.1 Å². The molecule has 0 aromatic heterocycles. The number of halogens is 2. The zero-order chi connectivity index (χ0) is 25.4. The number of nitriles is 1. The minimum atomic E-state index is -0.637. The fourth-order valence-electron chi connectivity index (χ4n) is 2.85. The van der Waals surface area contributed by atoms with E-state index in [9.17, 15) is 24.3 Å². The summed E-state index contributed by atoms with van der Waals surface area (Å²) in [6.45, 7) is -0.339. The quantitative estimate of drug-likeness (QED) is 0.213. The first-order valence-electron chi connectivity index (χ1n) is 10.1. The molecule has 0 aliphatic heterocycles. The molecular formula is C25H19BrFN3O5. The molecule has 10 heteroatoms. The number of nitrogens with zero attached hydrogens (tertiary/aromatic N) is 1. The van der Waals surface area contributed by atoms with Crippen LogP contribution >= 0.6 is 15.9 Å². The Morgan fingerprint density at radius 2 is 1.69 bits per heavy atom. The first kappa shape index (κ1) is 25.3. The minimum absolute atomic E-state index is 0.0466. The zero-order valence-electron chi connectivity index (χ0n) is 18.3. The van der Waals surface area contributed by atoms with Crippen LogP contribution in [0.25, 0.3) is 6.08 Å². The zero-order valence-corrected chi connectivity index (χ0v) is 19.9. The van der Waals surface area contributed by atoms with Gasteiger partial charge in [-0.05, 0) is 72.3 Å². The normalized spacial score (nSPS) is 10.7. The third kappa shape index (κ3) is 7.06. The molecule has 8 nitrogen and oxygen atoms in total. The smallest absolute Gasteiger partial charge is 0.266 e. The summed E-state index contributed by atoms with van der Waals surface area (Å²) in [6.07, 6.45) is 1.37.